The summed E-state index contributed by atoms with van der Waals surface area (Å²) in [6.07, 6.45) is 3.39. The second kappa shape index (κ2) is 5.19. The van der Waals surface area contributed by atoms with Crippen LogP contribution in [0.3, 0.4) is 0 Å². The highest BCUT2D eigenvalue weighted by atomic mass is 35.5. The average molecular weight is 253 g/mol. The summed E-state index contributed by atoms with van der Waals surface area (Å²) in [5, 5.41) is 0.696. The minimum atomic E-state index is -0.585. The third-order valence-electron chi connectivity index (χ3n) is 3.34. The molecular formula is C14H17ClO2. The molecule has 1 fully saturated rings. The van der Waals surface area contributed by atoms with Crippen molar-refractivity contribution in [1.82, 2.24) is 0 Å². The number of rotatable bonds is 3. The minimum Gasteiger partial charge on any atom is -0.367 e. The fourth-order valence-corrected chi connectivity index (χ4v) is 2.25. The first-order chi connectivity index (χ1) is 8.10. The Morgan fingerprint density at radius 2 is 2.06 bits per heavy atom. The Morgan fingerprint density at radius 3 is 2.65 bits per heavy atom. The van der Waals surface area contributed by atoms with Gasteiger partial charge in [0.2, 0.25) is 0 Å². The zero-order chi connectivity index (χ0) is 12.3. The van der Waals surface area contributed by atoms with Crippen LogP contribution in [0.25, 0.3) is 0 Å². The molecule has 0 aromatic heterocycles. The summed E-state index contributed by atoms with van der Waals surface area (Å²) in [4.78, 5) is 12.2. The number of ketones is 1. The lowest BCUT2D eigenvalue weighted by atomic mass is 9.88. The van der Waals surface area contributed by atoms with Gasteiger partial charge >= 0.3 is 0 Å². The van der Waals surface area contributed by atoms with E-state index < -0.39 is 5.60 Å². The molecule has 2 rings (SSSR count). The number of halogens is 1. The number of carbonyl (C=O) groups is 1. The Labute approximate surface area is 107 Å². The lowest BCUT2D eigenvalue weighted by molar-refractivity contribution is -0.147. The van der Waals surface area contributed by atoms with Gasteiger partial charge in [-0.3, -0.25) is 4.79 Å². The number of hydrogen-bond acceptors (Lipinski definition) is 2. The summed E-state index contributed by atoms with van der Waals surface area (Å²) in [6, 6.07) is 7.42. The molecule has 1 aromatic rings. The van der Waals surface area contributed by atoms with Crippen molar-refractivity contribution in [2.45, 2.75) is 38.2 Å². The van der Waals surface area contributed by atoms with Crippen LogP contribution >= 0.6 is 11.6 Å². The van der Waals surface area contributed by atoms with Crippen molar-refractivity contribution < 1.29 is 9.53 Å². The van der Waals surface area contributed by atoms with Crippen molar-refractivity contribution in [2.75, 3.05) is 6.61 Å². The van der Waals surface area contributed by atoms with Crippen LogP contribution in [0.2, 0.25) is 5.02 Å². The lowest BCUT2D eigenvalue weighted by Crippen LogP contribution is -2.42. The molecule has 0 amide bonds. The molecule has 0 bridgehead atoms. The molecule has 0 radical (unpaired) electrons. The molecule has 0 aliphatic carbocycles. The predicted octanol–water partition coefficient (Wildman–Crippen LogP) is 3.41. The third-order valence-corrected chi connectivity index (χ3v) is 3.59. The van der Waals surface area contributed by atoms with Crippen molar-refractivity contribution in [3.05, 3.63) is 34.9 Å². The van der Waals surface area contributed by atoms with E-state index in [-0.39, 0.29) is 5.78 Å². The largest absolute Gasteiger partial charge is 0.367 e. The molecule has 0 saturated carbocycles. The van der Waals surface area contributed by atoms with Crippen LogP contribution in [0, 0.1) is 0 Å². The van der Waals surface area contributed by atoms with E-state index in [0.29, 0.717) is 18.1 Å². The van der Waals surface area contributed by atoms with Gasteiger partial charge in [-0.2, -0.15) is 0 Å². The Balaban J connectivity index is 2.03. The van der Waals surface area contributed by atoms with Gasteiger partial charge < -0.3 is 4.74 Å². The van der Waals surface area contributed by atoms with Gasteiger partial charge in [0.25, 0.3) is 0 Å². The van der Waals surface area contributed by atoms with Crippen molar-refractivity contribution in [1.29, 1.82) is 0 Å². The SMILES string of the molecule is CC1(C(=O)Cc2ccc(Cl)cc2)CCCCO1. The molecule has 1 aliphatic rings. The molecule has 1 aliphatic heterocycles. The molecule has 3 heteroatoms. The molecular weight excluding hydrogens is 236 g/mol. The maximum atomic E-state index is 12.2. The average Bonchev–Trinajstić information content (AvgIpc) is 2.33. The van der Waals surface area contributed by atoms with E-state index in [0.717, 1.165) is 24.8 Å². The fourth-order valence-electron chi connectivity index (χ4n) is 2.13. The van der Waals surface area contributed by atoms with E-state index in [2.05, 4.69) is 0 Å². The number of ether oxygens (including phenoxy) is 1. The van der Waals surface area contributed by atoms with Crippen LogP contribution in [0.5, 0.6) is 0 Å². The van der Waals surface area contributed by atoms with Crippen LogP contribution < -0.4 is 0 Å². The minimum absolute atomic E-state index is 0.166. The highest BCUT2D eigenvalue weighted by Gasteiger charge is 2.35. The van der Waals surface area contributed by atoms with Gasteiger partial charge in [-0.05, 0) is 43.9 Å². The Bertz CT molecular complexity index is 391. The Morgan fingerprint density at radius 1 is 1.35 bits per heavy atom. The smallest absolute Gasteiger partial charge is 0.168 e. The maximum Gasteiger partial charge on any atom is 0.168 e. The van der Waals surface area contributed by atoms with Gasteiger partial charge in [0.05, 0.1) is 0 Å². The summed E-state index contributed by atoms with van der Waals surface area (Å²) in [5.41, 5.74) is 0.410. The first-order valence-electron chi connectivity index (χ1n) is 6.02. The highest BCUT2D eigenvalue weighted by Crippen LogP contribution is 2.26. The molecule has 1 heterocycles. The lowest BCUT2D eigenvalue weighted by Gasteiger charge is -2.32. The normalized spacial score (nSPS) is 24.6. The van der Waals surface area contributed by atoms with E-state index in [9.17, 15) is 4.79 Å². The van der Waals surface area contributed by atoms with Crippen molar-refractivity contribution in [2.24, 2.45) is 0 Å². The van der Waals surface area contributed by atoms with E-state index in [1.807, 2.05) is 31.2 Å². The third kappa shape index (κ3) is 3.08. The van der Waals surface area contributed by atoms with Crippen molar-refractivity contribution in [3.8, 4) is 0 Å². The number of hydrogen-bond donors (Lipinski definition) is 0. The summed E-state index contributed by atoms with van der Waals surface area (Å²) >= 11 is 5.81. The van der Waals surface area contributed by atoms with E-state index in [4.69, 9.17) is 16.3 Å². The molecule has 2 nitrogen and oxygen atoms in total. The molecule has 0 N–H and O–H groups in total. The van der Waals surface area contributed by atoms with Gasteiger partial charge in [0.1, 0.15) is 5.60 Å². The van der Waals surface area contributed by atoms with E-state index in [1.165, 1.54) is 0 Å². The second-order valence-corrected chi connectivity index (χ2v) is 5.20. The molecule has 17 heavy (non-hydrogen) atoms. The van der Waals surface area contributed by atoms with Crippen molar-refractivity contribution in [3.63, 3.8) is 0 Å². The van der Waals surface area contributed by atoms with Gasteiger partial charge in [-0.25, -0.2) is 0 Å². The topological polar surface area (TPSA) is 26.3 Å². The first-order valence-corrected chi connectivity index (χ1v) is 6.40. The van der Waals surface area contributed by atoms with E-state index >= 15 is 0 Å². The first kappa shape index (κ1) is 12.6. The second-order valence-electron chi connectivity index (χ2n) is 4.76. The van der Waals surface area contributed by atoms with Crippen LogP contribution in [-0.2, 0) is 16.0 Å². The molecule has 92 valence electrons. The molecule has 1 atom stereocenters. The van der Waals surface area contributed by atoms with Gasteiger partial charge in [0, 0.05) is 18.1 Å². The summed E-state index contributed by atoms with van der Waals surface area (Å²) in [5.74, 6) is 0.166. The number of benzene rings is 1. The van der Waals surface area contributed by atoms with Gasteiger partial charge in [-0.1, -0.05) is 23.7 Å². The summed E-state index contributed by atoms with van der Waals surface area (Å²) in [7, 11) is 0. The van der Waals surface area contributed by atoms with Gasteiger partial charge in [-0.15, -0.1) is 0 Å². The zero-order valence-corrected chi connectivity index (χ0v) is 10.8. The highest BCUT2D eigenvalue weighted by molar-refractivity contribution is 6.30. The number of Topliss-reactive ketones (excluding diaryl/α,β-unsaturated/α-hetero) is 1. The quantitative estimate of drug-likeness (QED) is 0.824. The fraction of sp³-hybridized carbons (Fsp3) is 0.500. The summed E-state index contributed by atoms with van der Waals surface area (Å²) < 4.78 is 5.65. The standard InChI is InChI=1S/C14H17ClO2/c1-14(8-2-3-9-17-14)13(16)10-11-4-6-12(15)7-5-11/h4-7H,2-3,8-10H2,1H3. The maximum absolute atomic E-state index is 12.2. The predicted molar refractivity (Wildman–Crippen MR) is 68.4 cm³/mol. The van der Waals surface area contributed by atoms with Crippen LogP contribution in [0.1, 0.15) is 31.7 Å². The monoisotopic (exact) mass is 252 g/mol. The zero-order valence-electron chi connectivity index (χ0n) is 10.0. The molecule has 1 aromatic carbocycles. The summed E-state index contributed by atoms with van der Waals surface area (Å²) in [6.45, 7) is 2.60. The molecule has 0 spiro atoms. The van der Waals surface area contributed by atoms with Crippen molar-refractivity contribution >= 4 is 17.4 Å². The van der Waals surface area contributed by atoms with Crippen LogP contribution in [0.4, 0.5) is 0 Å². The Kier molecular flexibility index (Phi) is 3.85. The van der Waals surface area contributed by atoms with Gasteiger partial charge in [0.15, 0.2) is 5.78 Å². The number of carbonyl (C=O) groups excluding carboxylic acids is 1. The van der Waals surface area contributed by atoms with Crippen LogP contribution in [-0.4, -0.2) is 18.0 Å². The molecule has 1 saturated heterocycles. The Hall–Kier alpha value is -0.860. The molecule has 1 unspecified atom stereocenters. The van der Waals surface area contributed by atoms with E-state index in [1.54, 1.807) is 0 Å². The van der Waals surface area contributed by atoms with Crippen LogP contribution in [0.15, 0.2) is 24.3 Å².